The second-order valence-electron chi connectivity index (χ2n) is 1.83. The van der Waals surface area contributed by atoms with Crippen molar-refractivity contribution in [1.29, 1.82) is 0 Å². The quantitative estimate of drug-likeness (QED) is 0.615. The maximum atomic E-state index is 11.1. The van der Waals surface area contributed by atoms with Crippen molar-refractivity contribution >= 4 is 39.9 Å². The molecule has 0 amide bonds. The van der Waals surface area contributed by atoms with Gasteiger partial charge in [-0.1, -0.05) is 0 Å². The van der Waals surface area contributed by atoms with Gasteiger partial charge in [-0.15, -0.1) is 11.3 Å². The third-order valence-electron chi connectivity index (χ3n) is 1.11. The molecule has 0 fully saturated rings. The molecule has 0 aliphatic heterocycles. The molecular formula is C7H7IO2S. The molecule has 0 bridgehead atoms. The van der Waals surface area contributed by atoms with E-state index in [0.29, 0.717) is 12.2 Å². The molecular weight excluding hydrogens is 275 g/mol. The molecule has 0 aromatic carbocycles. The van der Waals surface area contributed by atoms with Gasteiger partial charge in [0.15, 0.2) is 0 Å². The van der Waals surface area contributed by atoms with Crippen molar-refractivity contribution < 1.29 is 9.53 Å². The third kappa shape index (κ3) is 2.16. The standard InChI is InChI=1S/C7H7IO2S/c1-2-10-7(9)5-3-4-11-6(5)8/h3-4H,2H2,1H3. The van der Waals surface area contributed by atoms with Gasteiger partial charge in [-0.25, -0.2) is 4.79 Å². The number of rotatable bonds is 2. The molecule has 2 nitrogen and oxygen atoms in total. The molecule has 1 aromatic heterocycles. The average molecular weight is 282 g/mol. The van der Waals surface area contributed by atoms with Gasteiger partial charge in [0, 0.05) is 0 Å². The summed E-state index contributed by atoms with van der Waals surface area (Å²) in [5, 5.41) is 1.88. The molecule has 0 radical (unpaired) electrons. The molecule has 0 saturated heterocycles. The number of ether oxygens (including phenoxy) is 1. The zero-order valence-electron chi connectivity index (χ0n) is 5.96. The predicted octanol–water partition coefficient (Wildman–Crippen LogP) is 2.53. The minimum absolute atomic E-state index is 0.224. The van der Waals surface area contributed by atoms with Crippen LogP contribution in [0.5, 0.6) is 0 Å². The van der Waals surface area contributed by atoms with Crippen molar-refractivity contribution in [3.8, 4) is 0 Å². The Morgan fingerprint density at radius 2 is 2.55 bits per heavy atom. The largest absolute Gasteiger partial charge is 0.462 e. The Morgan fingerprint density at radius 1 is 1.82 bits per heavy atom. The van der Waals surface area contributed by atoms with Crippen LogP contribution in [-0.4, -0.2) is 12.6 Å². The highest BCUT2D eigenvalue weighted by Crippen LogP contribution is 2.19. The smallest absolute Gasteiger partial charge is 0.340 e. The fraction of sp³-hybridized carbons (Fsp3) is 0.286. The molecule has 0 unspecified atom stereocenters. The summed E-state index contributed by atoms with van der Waals surface area (Å²) in [6.45, 7) is 2.24. The van der Waals surface area contributed by atoms with Crippen LogP contribution in [0.2, 0.25) is 0 Å². The lowest BCUT2D eigenvalue weighted by Gasteiger charge is -1.97. The SMILES string of the molecule is CCOC(=O)c1ccsc1I. The van der Waals surface area contributed by atoms with Gasteiger partial charge in [-0.3, -0.25) is 0 Å². The number of thiophene rings is 1. The van der Waals surface area contributed by atoms with Gasteiger partial charge in [0.05, 0.1) is 15.1 Å². The van der Waals surface area contributed by atoms with Crippen LogP contribution in [0, 0.1) is 2.88 Å². The number of carbonyl (C=O) groups excluding carboxylic acids is 1. The van der Waals surface area contributed by atoms with E-state index in [-0.39, 0.29) is 5.97 Å². The second-order valence-corrected chi connectivity index (χ2v) is 4.56. The Balaban J connectivity index is 2.76. The van der Waals surface area contributed by atoms with Gasteiger partial charge in [0.25, 0.3) is 0 Å². The van der Waals surface area contributed by atoms with Crippen molar-refractivity contribution in [2.45, 2.75) is 6.92 Å². The van der Waals surface area contributed by atoms with Crippen LogP contribution in [0.15, 0.2) is 11.4 Å². The van der Waals surface area contributed by atoms with Crippen molar-refractivity contribution in [2.24, 2.45) is 0 Å². The maximum absolute atomic E-state index is 11.1. The van der Waals surface area contributed by atoms with E-state index in [2.05, 4.69) is 22.6 Å². The maximum Gasteiger partial charge on any atom is 0.340 e. The Hall–Kier alpha value is -0.100. The van der Waals surface area contributed by atoms with E-state index in [1.165, 1.54) is 0 Å². The van der Waals surface area contributed by atoms with Crippen LogP contribution in [0.1, 0.15) is 17.3 Å². The molecule has 0 aliphatic carbocycles. The summed E-state index contributed by atoms with van der Waals surface area (Å²) in [7, 11) is 0. The van der Waals surface area contributed by atoms with E-state index in [4.69, 9.17) is 4.74 Å². The summed E-state index contributed by atoms with van der Waals surface area (Å²) < 4.78 is 5.82. The molecule has 0 N–H and O–H groups in total. The molecule has 0 saturated carbocycles. The average Bonchev–Trinajstić information content (AvgIpc) is 2.36. The number of hydrogen-bond acceptors (Lipinski definition) is 3. The zero-order valence-corrected chi connectivity index (χ0v) is 8.94. The van der Waals surface area contributed by atoms with Gasteiger partial charge >= 0.3 is 5.97 Å². The van der Waals surface area contributed by atoms with Crippen LogP contribution in [0.3, 0.4) is 0 Å². The normalized spacial score (nSPS) is 9.64. The van der Waals surface area contributed by atoms with Crippen molar-refractivity contribution in [3.05, 3.63) is 19.9 Å². The van der Waals surface area contributed by atoms with E-state index in [9.17, 15) is 4.79 Å². The highest BCUT2D eigenvalue weighted by Gasteiger charge is 2.10. The molecule has 1 aromatic rings. The summed E-state index contributed by atoms with van der Waals surface area (Å²) in [5.41, 5.74) is 0.678. The number of halogens is 1. The van der Waals surface area contributed by atoms with Crippen LogP contribution in [-0.2, 0) is 4.74 Å². The predicted molar refractivity (Wildman–Crippen MR) is 53.0 cm³/mol. The van der Waals surface area contributed by atoms with E-state index in [1.54, 1.807) is 24.3 Å². The van der Waals surface area contributed by atoms with Gasteiger partial charge in [0.2, 0.25) is 0 Å². The molecule has 0 aliphatic rings. The number of carbonyl (C=O) groups is 1. The monoisotopic (exact) mass is 282 g/mol. The fourth-order valence-electron chi connectivity index (χ4n) is 0.648. The molecule has 4 heteroatoms. The number of hydrogen-bond donors (Lipinski definition) is 0. The van der Waals surface area contributed by atoms with Crippen LogP contribution >= 0.6 is 33.9 Å². The highest BCUT2D eigenvalue weighted by molar-refractivity contribution is 14.1. The molecule has 1 rings (SSSR count). The van der Waals surface area contributed by atoms with E-state index >= 15 is 0 Å². The second kappa shape index (κ2) is 4.06. The van der Waals surface area contributed by atoms with E-state index in [0.717, 1.165) is 2.88 Å². The van der Waals surface area contributed by atoms with Crippen molar-refractivity contribution in [1.82, 2.24) is 0 Å². The molecule has 0 spiro atoms. The summed E-state index contributed by atoms with van der Waals surface area (Å²) in [5.74, 6) is -0.224. The van der Waals surface area contributed by atoms with Gasteiger partial charge in [-0.05, 0) is 41.0 Å². The fourth-order valence-corrected chi connectivity index (χ4v) is 2.09. The van der Waals surface area contributed by atoms with Gasteiger partial charge in [-0.2, -0.15) is 0 Å². The van der Waals surface area contributed by atoms with Gasteiger partial charge < -0.3 is 4.74 Å². The summed E-state index contributed by atoms with van der Waals surface area (Å²) >= 11 is 3.67. The first-order valence-corrected chi connectivity index (χ1v) is 5.11. The Bertz CT molecular complexity index is 257. The van der Waals surface area contributed by atoms with Crippen molar-refractivity contribution in [3.63, 3.8) is 0 Å². The Labute approximate surface area is 82.7 Å². The topological polar surface area (TPSA) is 26.3 Å². The van der Waals surface area contributed by atoms with Crippen LogP contribution < -0.4 is 0 Å². The number of esters is 1. The first-order chi connectivity index (χ1) is 5.25. The lowest BCUT2D eigenvalue weighted by Crippen LogP contribution is -2.04. The first-order valence-electron chi connectivity index (χ1n) is 3.15. The zero-order chi connectivity index (χ0) is 8.27. The summed E-state index contributed by atoms with van der Waals surface area (Å²) in [4.78, 5) is 11.1. The summed E-state index contributed by atoms with van der Waals surface area (Å²) in [6, 6.07) is 1.78. The Morgan fingerprint density at radius 3 is 3.00 bits per heavy atom. The van der Waals surface area contributed by atoms with Gasteiger partial charge in [0.1, 0.15) is 0 Å². The minimum atomic E-state index is -0.224. The third-order valence-corrected chi connectivity index (χ3v) is 3.16. The molecule has 60 valence electrons. The lowest BCUT2D eigenvalue weighted by atomic mass is 10.3. The minimum Gasteiger partial charge on any atom is -0.462 e. The van der Waals surface area contributed by atoms with E-state index in [1.807, 2.05) is 5.38 Å². The Kier molecular flexibility index (Phi) is 3.32. The molecule has 0 atom stereocenters. The van der Waals surface area contributed by atoms with E-state index < -0.39 is 0 Å². The summed E-state index contributed by atoms with van der Waals surface area (Å²) in [6.07, 6.45) is 0. The molecule has 11 heavy (non-hydrogen) atoms. The lowest BCUT2D eigenvalue weighted by molar-refractivity contribution is 0.0526. The van der Waals surface area contributed by atoms with Crippen LogP contribution in [0.4, 0.5) is 0 Å². The van der Waals surface area contributed by atoms with Crippen molar-refractivity contribution in [2.75, 3.05) is 6.61 Å². The van der Waals surface area contributed by atoms with Crippen LogP contribution in [0.25, 0.3) is 0 Å². The highest BCUT2D eigenvalue weighted by atomic mass is 127. The molecule has 1 heterocycles. The first kappa shape index (κ1) is 8.99.